The summed E-state index contributed by atoms with van der Waals surface area (Å²) in [5.74, 6) is 1.88. The van der Waals surface area contributed by atoms with Gasteiger partial charge in [0.25, 0.3) is 0 Å². The van der Waals surface area contributed by atoms with Crippen LogP contribution in [0.2, 0.25) is 0 Å². The number of benzene rings is 7. The van der Waals surface area contributed by atoms with Crippen molar-refractivity contribution in [2.45, 2.75) is 0 Å². The van der Waals surface area contributed by atoms with E-state index in [-0.39, 0.29) is 0 Å². The largest absolute Gasteiger partial charge is 0.309 e. The number of hydrogen-bond donors (Lipinski definition) is 0. The van der Waals surface area contributed by atoms with E-state index in [4.69, 9.17) is 15.0 Å². The molecule has 0 aliphatic carbocycles. The topological polar surface area (TPSA) is 41.9 Å². The second-order valence-corrected chi connectivity index (χ2v) is 11.3. The Kier molecular flexibility index (Phi) is 7.50. The zero-order valence-electron chi connectivity index (χ0n) is 25.6. The maximum absolute atomic E-state index is 5.10. The predicted octanol–water partition coefficient (Wildman–Crippen LogP) is 11.2. The van der Waals surface area contributed by atoms with E-state index < -0.39 is 0 Å². The third-order valence-electron chi connectivity index (χ3n) is 8.33. The average Bonchev–Trinajstić information content (AvgIpc) is 3.16. The molecule has 0 N–H and O–H groups in total. The van der Waals surface area contributed by atoms with Crippen LogP contribution in [0, 0.1) is 0 Å². The van der Waals surface area contributed by atoms with Crippen LogP contribution in [0.5, 0.6) is 0 Å². The molecule has 0 unspecified atom stereocenters. The van der Waals surface area contributed by atoms with Gasteiger partial charge in [-0.05, 0) is 46.8 Å². The molecule has 0 amide bonds. The highest BCUT2D eigenvalue weighted by Crippen LogP contribution is 2.43. The molecule has 8 aromatic rings. The molecular weight excluding hydrogens is 573 g/mol. The Morgan fingerprint density at radius 2 is 0.787 bits per heavy atom. The van der Waals surface area contributed by atoms with Crippen molar-refractivity contribution in [2.75, 3.05) is 4.90 Å². The molecule has 0 fully saturated rings. The highest BCUT2D eigenvalue weighted by molar-refractivity contribution is 6.00. The summed E-state index contributed by atoms with van der Waals surface area (Å²) in [5, 5.41) is 2.33. The monoisotopic (exact) mass is 602 g/mol. The molecule has 0 aliphatic heterocycles. The van der Waals surface area contributed by atoms with Crippen molar-refractivity contribution in [1.29, 1.82) is 0 Å². The summed E-state index contributed by atoms with van der Waals surface area (Å²) in [6.45, 7) is 0. The molecule has 47 heavy (non-hydrogen) atoms. The lowest BCUT2D eigenvalue weighted by molar-refractivity contribution is 1.07. The summed E-state index contributed by atoms with van der Waals surface area (Å²) in [4.78, 5) is 17.4. The number of hydrogen-bond acceptors (Lipinski definition) is 4. The van der Waals surface area contributed by atoms with Gasteiger partial charge in [-0.3, -0.25) is 0 Å². The third-order valence-corrected chi connectivity index (χ3v) is 8.33. The average molecular weight is 603 g/mol. The maximum Gasteiger partial charge on any atom is 0.166 e. The molecule has 1 aromatic heterocycles. The summed E-state index contributed by atoms with van der Waals surface area (Å²) in [7, 11) is 0. The second-order valence-electron chi connectivity index (χ2n) is 11.3. The molecule has 8 rings (SSSR count). The van der Waals surface area contributed by atoms with E-state index in [0.29, 0.717) is 17.5 Å². The Balaban J connectivity index is 1.35. The van der Waals surface area contributed by atoms with Crippen molar-refractivity contribution >= 4 is 27.8 Å². The summed E-state index contributed by atoms with van der Waals surface area (Å²) in [6, 6.07) is 62.8. The Morgan fingerprint density at radius 3 is 1.45 bits per heavy atom. The van der Waals surface area contributed by atoms with Crippen molar-refractivity contribution in [3.05, 3.63) is 182 Å². The van der Waals surface area contributed by atoms with Crippen molar-refractivity contribution in [2.24, 2.45) is 0 Å². The van der Waals surface area contributed by atoms with Crippen molar-refractivity contribution in [1.82, 2.24) is 15.0 Å². The Bertz CT molecular complexity index is 2220. The normalized spacial score (nSPS) is 11.0. The highest BCUT2D eigenvalue weighted by Gasteiger charge is 2.21. The van der Waals surface area contributed by atoms with Gasteiger partial charge in [0, 0.05) is 27.8 Å². The zero-order chi connectivity index (χ0) is 31.4. The maximum atomic E-state index is 5.10. The lowest BCUT2D eigenvalue weighted by Gasteiger charge is -2.29. The minimum Gasteiger partial charge on any atom is -0.309 e. The Hall–Kier alpha value is -6.39. The van der Waals surface area contributed by atoms with Gasteiger partial charge in [-0.15, -0.1) is 0 Å². The first-order chi connectivity index (χ1) is 23.3. The van der Waals surface area contributed by atoms with Crippen LogP contribution in [0.25, 0.3) is 56.1 Å². The molecule has 7 aromatic carbocycles. The smallest absolute Gasteiger partial charge is 0.166 e. The van der Waals surface area contributed by atoms with Crippen LogP contribution in [-0.4, -0.2) is 15.0 Å². The first-order valence-corrected chi connectivity index (χ1v) is 15.7. The highest BCUT2D eigenvalue weighted by atomic mass is 15.2. The van der Waals surface area contributed by atoms with Crippen molar-refractivity contribution < 1.29 is 0 Å². The van der Waals surface area contributed by atoms with Crippen LogP contribution in [0.1, 0.15) is 0 Å². The third kappa shape index (κ3) is 5.65. The van der Waals surface area contributed by atoms with Crippen LogP contribution in [0.3, 0.4) is 0 Å². The quantitative estimate of drug-likeness (QED) is 0.182. The van der Waals surface area contributed by atoms with Crippen molar-refractivity contribution in [3.8, 4) is 45.3 Å². The number of nitrogens with zero attached hydrogens (tertiary/aromatic N) is 4. The van der Waals surface area contributed by atoms with Crippen LogP contribution >= 0.6 is 0 Å². The molecule has 0 saturated heterocycles. The van der Waals surface area contributed by atoms with Crippen LogP contribution < -0.4 is 4.90 Å². The van der Waals surface area contributed by atoms with E-state index in [1.165, 1.54) is 10.9 Å². The van der Waals surface area contributed by atoms with Crippen LogP contribution in [-0.2, 0) is 0 Å². The van der Waals surface area contributed by atoms with E-state index in [2.05, 4.69) is 114 Å². The lowest BCUT2D eigenvalue weighted by atomic mass is 10.0. The van der Waals surface area contributed by atoms with Crippen LogP contribution in [0.15, 0.2) is 182 Å². The van der Waals surface area contributed by atoms with Gasteiger partial charge in [-0.2, -0.15) is 0 Å². The van der Waals surface area contributed by atoms with Gasteiger partial charge in [0.05, 0.1) is 11.4 Å². The van der Waals surface area contributed by atoms with Gasteiger partial charge in [-0.25, -0.2) is 15.0 Å². The summed E-state index contributed by atoms with van der Waals surface area (Å²) in [6.07, 6.45) is 0. The molecule has 0 spiro atoms. The number of rotatable bonds is 7. The van der Waals surface area contributed by atoms with Gasteiger partial charge in [0.1, 0.15) is 0 Å². The van der Waals surface area contributed by atoms with E-state index in [1.807, 2.05) is 72.8 Å². The molecule has 1 heterocycles. The fourth-order valence-electron chi connectivity index (χ4n) is 6.03. The number of fused-ring (bicyclic) bond motifs is 1. The van der Waals surface area contributed by atoms with Gasteiger partial charge < -0.3 is 4.90 Å². The fourth-order valence-corrected chi connectivity index (χ4v) is 6.03. The number of anilines is 3. The molecule has 4 heteroatoms. The zero-order valence-corrected chi connectivity index (χ0v) is 25.6. The van der Waals surface area contributed by atoms with E-state index in [1.54, 1.807) is 0 Å². The van der Waals surface area contributed by atoms with E-state index in [9.17, 15) is 0 Å². The predicted molar refractivity (Wildman–Crippen MR) is 194 cm³/mol. The van der Waals surface area contributed by atoms with E-state index >= 15 is 0 Å². The SMILES string of the molecule is c1ccc(-c2ccc(N(c3ccccc3-c3nc(-c4ccccc4)nc(-c4ccccc4)n3)c3cccc4ccccc34)cc2)cc1. The molecule has 0 saturated carbocycles. The van der Waals surface area contributed by atoms with Gasteiger partial charge in [-0.1, -0.05) is 152 Å². The molecule has 222 valence electrons. The summed E-state index contributed by atoms with van der Waals surface area (Å²) >= 11 is 0. The molecular formula is C43H30N4. The first-order valence-electron chi connectivity index (χ1n) is 15.7. The number of para-hydroxylation sites is 1. The van der Waals surface area contributed by atoms with Gasteiger partial charge in [0.2, 0.25) is 0 Å². The molecule has 4 nitrogen and oxygen atoms in total. The fraction of sp³-hybridized carbons (Fsp3) is 0. The number of aromatic nitrogens is 3. The minimum absolute atomic E-state index is 0.611. The van der Waals surface area contributed by atoms with Crippen molar-refractivity contribution in [3.63, 3.8) is 0 Å². The Labute approximate surface area is 274 Å². The first kappa shape index (κ1) is 28.1. The second kappa shape index (κ2) is 12.5. The molecule has 0 radical (unpaired) electrons. The van der Waals surface area contributed by atoms with E-state index in [0.717, 1.165) is 44.7 Å². The minimum atomic E-state index is 0.611. The molecule has 0 bridgehead atoms. The van der Waals surface area contributed by atoms with Gasteiger partial charge >= 0.3 is 0 Å². The summed E-state index contributed by atoms with van der Waals surface area (Å²) in [5.41, 5.74) is 8.21. The summed E-state index contributed by atoms with van der Waals surface area (Å²) < 4.78 is 0. The Morgan fingerprint density at radius 1 is 0.319 bits per heavy atom. The van der Waals surface area contributed by atoms with Crippen LogP contribution in [0.4, 0.5) is 17.1 Å². The van der Waals surface area contributed by atoms with Gasteiger partial charge in [0.15, 0.2) is 17.5 Å². The molecule has 0 aliphatic rings. The molecule has 0 atom stereocenters. The lowest BCUT2D eigenvalue weighted by Crippen LogP contribution is -2.12. The standard InChI is InChI=1S/C43H30N4/c1-4-15-31(16-5-1)32-27-29-36(30-28-32)47(39-26-14-22-33-17-10-11-23-37(33)39)40-25-13-12-24-38(40)43-45-41(34-18-6-2-7-19-34)44-42(46-43)35-20-8-3-9-21-35/h1-30H.